The van der Waals surface area contributed by atoms with Crippen molar-refractivity contribution in [2.75, 3.05) is 0 Å². The molecule has 1 aromatic rings. The molecule has 4 unspecified atom stereocenters. The number of hydrogen-bond donors (Lipinski definition) is 1. The van der Waals surface area contributed by atoms with Gasteiger partial charge in [0.05, 0.1) is 0 Å². The minimum absolute atomic E-state index is 0.0975. The molecule has 1 aromatic carbocycles. The monoisotopic (exact) mass is 263 g/mol. The fourth-order valence-electron chi connectivity index (χ4n) is 3.30. The number of carbonyl (C=O) groups is 1. The van der Waals surface area contributed by atoms with Crippen LogP contribution in [0.4, 0.5) is 9.18 Å². The maximum absolute atomic E-state index is 13.4. The fourth-order valence-corrected chi connectivity index (χ4v) is 3.30. The van der Waals surface area contributed by atoms with E-state index < -0.39 is 12.3 Å². The number of alkyl carbamates (subject to hydrolysis) is 1. The van der Waals surface area contributed by atoms with Gasteiger partial charge in [-0.25, -0.2) is 9.18 Å². The summed E-state index contributed by atoms with van der Waals surface area (Å²) in [5.41, 5.74) is 0.967. The third-order valence-electron chi connectivity index (χ3n) is 4.29. The van der Waals surface area contributed by atoms with E-state index in [-0.39, 0.29) is 18.6 Å². The van der Waals surface area contributed by atoms with Gasteiger partial charge in [-0.15, -0.1) is 0 Å². The zero-order valence-corrected chi connectivity index (χ0v) is 10.7. The van der Waals surface area contributed by atoms with Crippen LogP contribution in [0.15, 0.2) is 30.3 Å². The fraction of sp³-hybridized carbons (Fsp3) is 0.533. The second kappa shape index (κ2) is 5.19. The van der Waals surface area contributed by atoms with Gasteiger partial charge in [0.1, 0.15) is 12.8 Å². The normalized spacial score (nSPS) is 32.3. The predicted octanol–water partition coefficient (Wildman–Crippen LogP) is 3.05. The predicted molar refractivity (Wildman–Crippen MR) is 69.3 cm³/mol. The van der Waals surface area contributed by atoms with Crippen LogP contribution in [0, 0.1) is 11.8 Å². The lowest BCUT2D eigenvalue weighted by Gasteiger charge is -2.24. The summed E-state index contributed by atoms with van der Waals surface area (Å²) in [6.45, 7) is 0.277. The molecule has 102 valence electrons. The lowest BCUT2D eigenvalue weighted by Crippen LogP contribution is -2.40. The molecule has 2 bridgehead atoms. The van der Waals surface area contributed by atoms with E-state index >= 15 is 0 Å². The molecular formula is C15H18FNO2. The molecule has 2 fully saturated rings. The Bertz CT molecular complexity index is 449. The summed E-state index contributed by atoms with van der Waals surface area (Å²) in [6, 6.07) is 9.67. The first kappa shape index (κ1) is 12.5. The third-order valence-corrected chi connectivity index (χ3v) is 4.29. The number of carbonyl (C=O) groups excluding carboxylic acids is 1. The first-order valence-corrected chi connectivity index (χ1v) is 6.83. The smallest absolute Gasteiger partial charge is 0.407 e. The molecule has 2 aliphatic carbocycles. The van der Waals surface area contributed by atoms with Gasteiger partial charge in [-0.1, -0.05) is 30.3 Å². The van der Waals surface area contributed by atoms with Crippen LogP contribution in [-0.4, -0.2) is 18.3 Å². The number of benzene rings is 1. The molecule has 1 N–H and O–H groups in total. The van der Waals surface area contributed by atoms with Crippen LogP contribution in [0.1, 0.15) is 24.8 Å². The minimum atomic E-state index is -0.664. The number of ether oxygens (including phenoxy) is 1. The van der Waals surface area contributed by atoms with Gasteiger partial charge in [0, 0.05) is 6.04 Å². The molecule has 1 amide bonds. The van der Waals surface area contributed by atoms with Crippen LogP contribution in [0.3, 0.4) is 0 Å². The van der Waals surface area contributed by atoms with E-state index in [1.807, 2.05) is 30.3 Å². The molecule has 3 nitrogen and oxygen atoms in total. The summed E-state index contributed by atoms with van der Waals surface area (Å²) in [5.74, 6) is 0.439. The van der Waals surface area contributed by atoms with E-state index in [4.69, 9.17) is 4.74 Å². The first-order chi connectivity index (χ1) is 9.22. The van der Waals surface area contributed by atoms with Gasteiger partial charge in [0.15, 0.2) is 0 Å². The average Bonchev–Trinajstić information content (AvgIpc) is 2.96. The summed E-state index contributed by atoms with van der Waals surface area (Å²) in [6.07, 6.45) is 1.20. The maximum atomic E-state index is 13.4. The van der Waals surface area contributed by atoms with Crippen LogP contribution in [0.5, 0.6) is 0 Å². The summed E-state index contributed by atoms with van der Waals surface area (Å²) in [4.78, 5) is 11.7. The summed E-state index contributed by atoms with van der Waals surface area (Å²) < 4.78 is 18.5. The van der Waals surface area contributed by atoms with Gasteiger partial charge >= 0.3 is 6.09 Å². The molecule has 0 aromatic heterocycles. The third kappa shape index (κ3) is 2.72. The van der Waals surface area contributed by atoms with Crippen molar-refractivity contribution in [2.24, 2.45) is 11.8 Å². The Morgan fingerprint density at radius 2 is 2.00 bits per heavy atom. The van der Waals surface area contributed by atoms with Crippen LogP contribution in [-0.2, 0) is 11.3 Å². The molecule has 2 saturated carbocycles. The van der Waals surface area contributed by atoms with E-state index in [0.29, 0.717) is 12.3 Å². The largest absolute Gasteiger partial charge is 0.445 e. The Kier molecular flexibility index (Phi) is 3.40. The summed E-state index contributed by atoms with van der Waals surface area (Å²) in [7, 11) is 0. The molecule has 0 radical (unpaired) electrons. The van der Waals surface area contributed by atoms with Crippen LogP contribution < -0.4 is 5.32 Å². The Morgan fingerprint density at radius 3 is 2.63 bits per heavy atom. The van der Waals surface area contributed by atoms with Crippen LogP contribution >= 0.6 is 0 Å². The number of nitrogens with one attached hydrogen (secondary N) is 1. The van der Waals surface area contributed by atoms with Crippen molar-refractivity contribution in [2.45, 2.75) is 38.1 Å². The maximum Gasteiger partial charge on any atom is 0.407 e. The molecule has 3 rings (SSSR count). The lowest BCUT2D eigenvalue weighted by molar-refractivity contribution is 0.127. The molecule has 2 aliphatic rings. The number of rotatable bonds is 3. The van der Waals surface area contributed by atoms with Gasteiger partial charge in [-0.05, 0) is 36.7 Å². The van der Waals surface area contributed by atoms with Crippen molar-refractivity contribution in [3.8, 4) is 0 Å². The van der Waals surface area contributed by atoms with E-state index in [1.54, 1.807) is 0 Å². The number of alkyl halides is 1. The van der Waals surface area contributed by atoms with Crippen molar-refractivity contribution in [1.29, 1.82) is 0 Å². The lowest BCUT2D eigenvalue weighted by atomic mass is 9.94. The highest BCUT2D eigenvalue weighted by atomic mass is 19.1. The Morgan fingerprint density at radius 1 is 1.21 bits per heavy atom. The van der Waals surface area contributed by atoms with Crippen LogP contribution in [0.25, 0.3) is 0 Å². The van der Waals surface area contributed by atoms with Gasteiger partial charge < -0.3 is 10.1 Å². The van der Waals surface area contributed by atoms with Crippen LogP contribution in [0.2, 0.25) is 0 Å². The first-order valence-electron chi connectivity index (χ1n) is 6.83. The molecule has 0 heterocycles. The standard InChI is InChI=1S/C15H18FNO2/c16-13-7-12-6-11(13)8-14(12)17-15(18)19-9-10-4-2-1-3-5-10/h1-5,11-14H,6-9H2,(H,17,18). The Labute approximate surface area is 112 Å². The van der Waals surface area contributed by atoms with E-state index in [9.17, 15) is 9.18 Å². The van der Waals surface area contributed by atoms with E-state index in [1.165, 1.54) is 0 Å². The highest BCUT2D eigenvalue weighted by Gasteiger charge is 2.46. The van der Waals surface area contributed by atoms with Crippen molar-refractivity contribution in [3.63, 3.8) is 0 Å². The zero-order valence-electron chi connectivity index (χ0n) is 10.7. The van der Waals surface area contributed by atoms with Gasteiger partial charge in [0.25, 0.3) is 0 Å². The summed E-state index contributed by atoms with van der Waals surface area (Å²) in [5, 5.41) is 2.87. The van der Waals surface area contributed by atoms with Crippen molar-refractivity contribution in [1.82, 2.24) is 5.32 Å². The topological polar surface area (TPSA) is 38.3 Å². The average molecular weight is 263 g/mol. The van der Waals surface area contributed by atoms with Gasteiger partial charge in [0.2, 0.25) is 0 Å². The highest BCUT2D eigenvalue weighted by Crippen LogP contribution is 2.46. The quantitative estimate of drug-likeness (QED) is 0.910. The SMILES string of the molecule is O=C(NC1CC2CC1CC2F)OCc1ccccc1. The number of amides is 1. The zero-order chi connectivity index (χ0) is 13.2. The Balaban J connectivity index is 1.45. The van der Waals surface area contributed by atoms with E-state index in [2.05, 4.69) is 5.32 Å². The number of fused-ring (bicyclic) bond motifs is 2. The second-order valence-electron chi connectivity index (χ2n) is 5.56. The number of hydrogen-bond acceptors (Lipinski definition) is 2. The molecule has 0 spiro atoms. The molecule has 0 aliphatic heterocycles. The molecular weight excluding hydrogens is 245 g/mol. The minimum Gasteiger partial charge on any atom is -0.445 e. The van der Waals surface area contributed by atoms with E-state index in [0.717, 1.165) is 18.4 Å². The molecule has 4 atom stereocenters. The molecule has 0 saturated heterocycles. The van der Waals surface area contributed by atoms with Crippen molar-refractivity contribution in [3.05, 3.63) is 35.9 Å². The molecule has 19 heavy (non-hydrogen) atoms. The number of halogens is 1. The van der Waals surface area contributed by atoms with Crippen molar-refractivity contribution >= 4 is 6.09 Å². The Hall–Kier alpha value is -1.58. The highest BCUT2D eigenvalue weighted by molar-refractivity contribution is 5.67. The molecule has 4 heteroatoms. The van der Waals surface area contributed by atoms with Gasteiger partial charge in [-0.2, -0.15) is 0 Å². The van der Waals surface area contributed by atoms with Gasteiger partial charge in [-0.3, -0.25) is 0 Å². The summed E-state index contributed by atoms with van der Waals surface area (Å²) >= 11 is 0. The van der Waals surface area contributed by atoms with Crippen molar-refractivity contribution < 1.29 is 13.9 Å². The second-order valence-corrected chi connectivity index (χ2v) is 5.56.